The molecule has 6 heteroatoms. The number of carboxylic acid groups (broad SMARTS) is 1. The molecule has 0 atom stereocenters. The van der Waals surface area contributed by atoms with Gasteiger partial charge in [-0.25, -0.2) is 4.99 Å². The second-order valence-corrected chi connectivity index (χ2v) is 5.14. The first-order valence-electron chi connectivity index (χ1n) is 8.12. The minimum Gasteiger partial charge on any atom is -0.480 e. The molecule has 6 nitrogen and oxygen atoms in total. The number of hydrogen-bond acceptors (Lipinski definition) is 4. The van der Waals surface area contributed by atoms with Gasteiger partial charge in [-0.2, -0.15) is 0 Å². The Balaban J connectivity index is 6.25. The van der Waals surface area contributed by atoms with E-state index in [2.05, 4.69) is 16.9 Å². The van der Waals surface area contributed by atoms with E-state index in [1.165, 1.54) is 0 Å². The minimum absolute atomic E-state index is 0.103. The number of hydrogen-bond donors (Lipinski definition) is 3. The van der Waals surface area contributed by atoms with Gasteiger partial charge < -0.3 is 16.2 Å². The van der Waals surface area contributed by atoms with Crippen molar-refractivity contribution >= 4 is 17.6 Å². The molecule has 26 heavy (non-hydrogen) atoms. The second-order valence-electron chi connectivity index (χ2n) is 5.14. The van der Waals surface area contributed by atoms with Gasteiger partial charge in [-0.3, -0.25) is 9.59 Å². The third kappa shape index (κ3) is 7.61. The van der Waals surface area contributed by atoms with Gasteiger partial charge in [-0.1, -0.05) is 43.0 Å². The molecule has 0 rings (SSSR count). The van der Waals surface area contributed by atoms with E-state index in [1.54, 1.807) is 19.1 Å². The molecule has 0 aromatic heterocycles. The third-order valence-electron chi connectivity index (χ3n) is 3.24. The van der Waals surface area contributed by atoms with Crippen molar-refractivity contribution in [2.24, 2.45) is 10.7 Å². The lowest BCUT2D eigenvalue weighted by Crippen LogP contribution is -2.34. The van der Waals surface area contributed by atoms with Crippen LogP contribution in [-0.2, 0) is 9.59 Å². The van der Waals surface area contributed by atoms with E-state index in [0.29, 0.717) is 22.6 Å². The lowest BCUT2D eigenvalue weighted by molar-refractivity contribution is -0.137. The molecular formula is C20H27N3O3. The quantitative estimate of drug-likeness (QED) is 0.335. The number of nitrogens with zero attached hydrogens (tertiary/aromatic N) is 1. The highest BCUT2D eigenvalue weighted by Crippen LogP contribution is 2.15. The molecule has 0 radical (unpaired) electrons. The zero-order valence-corrected chi connectivity index (χ0v) is 15.7. The van der Waals surface area contributed by atoms with Gasteiger partial charge in [0.2, 0.25) is 0 Å². The SMILES string of the molecule is C=CC(=C\C=C/C)/C(=N\C(\C=C/C)=C\C)C(C)=C(N)C(=O)NCC(=O)O. The number of carbonyl (C=O) groups is 2. The molecule has 1 amide bonds. The molecule has 0 saturated heterocycles. The van der Waals surface area contributed by atoms with Crippen molar-refractivity contribution in [3.8, 4) is 0 Å². The summed E-state index contributed by atoms with van der Waals surface area (Å²) in [5.74, 6) is -1.82. The summed E-state index contributed by atoms with van der Waals surface area (Å²) >= 11 is 0. The van der Waals surface area contributed by atoms with E-state index in [-0.39, 0.29) is 5.70 Å². The van der Waals surface area contributed by atoms with Crippen molar-refractivity contribution in [1.29, 1.82) is 0 Å². The minimum atomic E-state index is -1.15. The van der Waals surface area contributed by atoms with Crippen LogP contribution >= 0.6 is 0 Å². The standard InChI is InChI=1S/C20H27N3O3/c1-6-10-12-15(8-3)19(23-16(9-4)11-7-2)14(5)18(21)20(26)22-13-17(24)25/h6-12H,3,13,21H2,1-2,4-5H3,(H,22,26)(H,24,25)/b10-6-,11-7-,15-12+,16-9+,18-14?,23-19-. The molecule has 0 heterocycles. The molecule has 0 fully saturated rings. The number of nitrogens with two attached hydrogens (primary N) is 1. The first-order valence-corrected chi connectivity index (χ1v) is 8.12. The Bertz CT molecular complexity index is 721. The summed E-state index contributed by atoms with van der Waals surface area (Å²) in [7, 11) is 0. The van der Waals surface area contributed by atoms with E-state index < -0.39 is 18.4 Å². The van der Waals surface area contributed by atoms with E-state index >= 15 is 0 Å². The number of rotatable bonds is 9. The van der Waals surface area contributed by atoms with Crippen LogP contribution in [0.3, 0.4) is 0 Å². The molecular weight excluding hydrogens is 330 g/mol. The largest absolute Gasteiger partial charge is 0.480 e. The average Bonchev–Trinajstić information content (AvgIpc) is 2.63. The van der Waals surface area contributed by atoms with E-state index in [9.17, 15) is 9.59 Å². The summed E-state index contributed by atoms with van der Waals surface area (Å²) in [6, 6.07) is 0. The lowest BCUT2D eigenvalue weighted by atomic mass is 10.0. The van der Waals surface area contributed by atoms with Crippen molar-refractivity contribution < 1.29 is 14.7 Å². The number of carboxylic acids is 1. The number of allylic oxidation sites excluding steroid dienone is 9. The number of carbonyl (C=O) groups excluding carboxylic acids is 1. The molecule has 0 unspecified atom stereocenters. The molecule has 4 N–H and O–H groups in total. The van der Waals surface area contributed by atoms with Crippen molar-refractivity contribution in [2.75, 3.05) is 6.54 Å². The van der Waals surface area contributed by atoms with Gasteiger partial charge in [0.05, 0.1) is 11.4 Å². The lowest BCUT2D eigenvalue weighted by Gasteiger charge is -2.12. The summed E-state index contributed by atoms with van der Waals surface area (Å²) < 4.78 is 0. The summed E-state index contributed by atoms with van der Waals surface area (Å²) in [6.07, 6.45) is 12.6. The molecule has 0 aliphatic heterocycles. The molecule has 0 spiro atoms. The highest BCUT2D eigenvalue weighted by Gasteiger charge is 2.16. The summed E-state index contributed by atoms with van der Waals surface area (Å²) in [6.45, 7) is 10.5. The van der Waals surface area contributed by atoms with Crippen LogP contribution in [0.1, 0.15) is 27.7 Å². The first-order chi connectivity index (χ1) is 12.3. The smallest absolute Gasteiger partial charge is 0.322 e. The van der Waals surface area contributed by atoms with Crippen LogP contribution in [0.5, 0.6) is 0 Å². The van der Waals surface area contributed by atoms with Crippen LogP contribution < -0.4 is 11.1 Å². The Morgan fingerprint density at radius 3 is 2.35 bits per heavy atom. The Morgan fingerprint density at radius 1 is 1.23 bits per heavy atom. The van der Waals surface area contributed by atoms with Gasteiger partial charge in [0, 0.05) is 5.57 Å². The van der Waals surface area contributed by atoms with Gasteiger partial charge in [-0.15, -0.1) is 0 Å². The molecule has 0 aromatic rings. The molecule has 0 aliphatic carbocycles. The van der Waals surface area contributed by atoms with Crippen LogP contribution in [-0.4, -0.2) is 29.2 Å². The summed E-state index contributed by atoms with van der Waals surface area (Å²) in [4.78, 5) is 27.3. The molecule has 0 saturated carbocycles. The zero-order chi connectivity index (χ0) is 20.1. The number of amides is 1. The zero-order valence-electron chi connectivity index (χ0n) is 15.7. The normalized spacial score (nSPS) is 14.5. The van der Waals surface area contributed by atoms with Gasteiger partial charge in [0.25, 0.3) is 5.91 Å². The Kier molecular flexibility index (Phi) is 10.8. The monoisotopic (exact) mass is 357 g/mol. The van der Waals surface area contributed by atoms with E-state index in [4.69, 9.17) is 10.8 Å². The van der Waals surface area contributed by atoms with Crippen molar-refractivity contribution in [2.45, 2.75) is 27.7 Å². The fourth-order valence-electron chi connectivity index (χ4n) is 1.86. The third-order valence-corrected chi connectivity index (χ3v) is 3.24. The fraction of sp³-hybridized carbons (Fsp3) is 0.250. The van der Waals surface area contributed by atoms with Gasteiger partial charge in [-0.05, 0) is 39.3 Å². The topological polar surface area (TPSA) is 105 Å². The highest BCUT2D eigenvalue weighted by atomic mass is 16.4. The van der Waals surface area contributed by atoms with Crippen molar-refractivity contribution in [3.63, 3.8) is 0 Å². The number of aliphatic carboxylic acids is 1. The van der Waals surface area contributed by atoms with E-state index in [0.717, 1.165) is 0 Å². The van der Waals surface area contributed by atoms with Gasteiger partial charge >= 0.3 is 5.97 Å². The van der Waals surface area contributed by atoms with Crippen LogP contribution in [0.15, 0.2) is 76.6 Å². The Labute approximate surface area is 154 Å². The predicted octanol–water partition coefficient (Wildman–Crippen LogP) is 3.03. The molecule has 0 bridgehead atoms. The van der Waals surface area contributed by atoms with Gasteiger partial charge in [0.15, 0.2) is 0 Å². The molecule has 0 aromatic carbocycles. The maximum atomic E-state index is 12.1. The Hall–Kier alpha value is -3.15. The van der Waals surface area contributed by atoms with Gasteiger partial charge in [0.1, 0.15) is 12.2 Å². The molecule has 0 aliphatic rings. The Morgan fingerprint density at radius 2 is 1.88 bits per heavy atom. The van der Waals surface area contributed by atoms with E-state index in [1.807, 2.05) is 51.2 Å². The highest BCUT2D eigenvalue weighted by molar-refractivity contribution is 6.17. The van der Waals surface area contributed by atoms with Crippen LogP contribution in [0.25, 0.3) is 0 Å². The maximum absolute atomic E-state index is 12.1. The number of aliphatic imine (C=N–C) groups is 1. The van der Waals surface area contributed by atoms with Crippen molar-refractivity contribution in [1.82, 2.24) is 5.32 Å². The maximum Gasteiger partial charge on any atom is 0.322 e. The van der Waals surface area contributed by atoms with Crippen LogP contribution in [0.2, 0.25) is 0 Å². The average molecular weight is 357 g/mol. The fourth-order valence-corrected chi connectivity index (χ4v) is 1.86. The number of nitrogens with one attached hydrogen (secondary N) is 1. The van der Waals surface area contributed by atoms with Crippen LogP contribution in [0.4, 0.5) is 0 Å². The predicted molar refractivity (Wildman–Crippen MR) is 107 cm³/mol. The van der Waals surface area contributed by atoms with Crippen LogP contribution in [0, 0.1) is 0 Å². The molecule has 140 valence electrons. The van der Waals surface area contributed by atoms with Crippen molar-refractivity contribution in [3.05, 3.63) is 71.7 Å². The first kappa shape index (κ1) is 22.9. The summed E-state index contributed by atoms with van der Waals surface area (Å²) in [5, 5.41) is 10.9. The summed E-state index contributed by atoms with van der Waals surface area (Å²) in [5.41, 5.74) is 8.10. The second kappa shape index (κ2) is 12.2.